The number of carbonyl (C=O) groups excluding carboxylic acids is 3. The molecule has 3 aromatic rings. The number of imide groups is 1. The van der Waals surface area contributed by atoms with Crippen LogP contribution >= 0.6 is 11.8 Å². The van der Waals surface area contributed by atoms with E-state index >= 15 is 0 Å². The van der Waals surface area contributed by atoms with E-state index in [4.69, 9.17) is 0 Å². The van der Waals surface area contributed by atoms with Crippen molar-refractivity contribution in [3.05, 3.63) is 59.7 Å². The number of carbonyl (C=O) groups is 3. The van der Waals surface area contributed by atoms with Crippen molar-refractivity contribution in [2.45, 2.75) is 31.3 Å². The van der Waals surface area contributed by atoms with E-state index in [-0.39, 0.29) is 0 Å². The highest BCUT2D eigenvalue weighted by atomic mass is 32.2. The Morgan fingerprint density at radius 2 is 1.85 bits per heavy atom. The van der Waals surface area contributed by atoms with Crippen molar-refractivity contribution in [1.29, 1.82) is 0 Å². The Morgan fingerprint density at radius 1 is 1.12 bits per heavy atom. The van der Waals surface area contributed by atoms with Crippen molar-refractivity contribution in [3.63, 3.8) is 0 Å². The first-order valence-electron chi connectivity index (χ1n) is 10.7. The van der Waals surface area contributed by atoms with Crippen LogP contribution in [-0.2, 0) is 4.79 Å². The summed E-state index contributed by atoms with van der Waals surface area (Å²) in [7, 11) is 0. The molecule has 9 nitrogen and oxygen atoms in total. The van der Waals surface area contributed by atoms with Gasteiger partial charge in [-0.25, -0.2) is 4.68 Å². The Balaban J connectivity index is 1.39. The smallest absolute Gasteiger partial charge is 0.262 e. The van der Waals surface area contributed by atoms with Gasteiger partial charge in [0.2, 0.25) is 5.91 Å². The summed E-state index contributed by atoms with van der Waals surface area (Å²) in [6.45, 7) is 0. The molecule has 168 valence electrons. The van der Waals surface area contributed by atoms with E-state index in [0.717, 1.165) is 23.3 Å². The number of rotatable bonds is 8. The van der Waals surface area contributed by atoms with Crippen LogP contribution in [0.15, 0.2) is 48.5 Å². The van der Waals surface area contributed by atoms with E-state index in [1.54, 1.807) is 52.8 Å². The molecular weight excluding hydrogens is 440 g/mol. The van der Waals surface area contributed by atoms with Gasteiger partial charge in [0.1, 0.15) is 6.04 Å². The highest BCUT2D eigenvalue weighted by Crippen LogP contribution is 2.37. The molecule has 0 unspecified atom stereocenters. The van der Waals surface area contributed by atoms with Gasteiger partial charge in [-0.05, 0) is 66.0 Å². The lowest BCUT2D eigenvalue weighted by atomic mass is 10.1. The Labute approximate surface area is 194 Å². The number of hydrogen-bond acceptors (Lipinski definition) is 7. The Morgan fingerprint density at radius 3 is 2.52 bits per heavy atom. The molecule has 1 atom stereocenters. The quantitative estimate of drug-likeness (QED) is 0.512. The van der Waals surface area contributed by atoms with Crippen molar-refractivity contribution in [3.8, 4) is 11.4 Å². The van der Waals surface area contributed by atoms with Crippen LogP contribution in [-0.4, -0.2) is 60.9 Å². The molecule has 3 amide bonds. The van der Waals surface area contributed by atoms with E-state index in [0.29, 0.717) is 40.9 Å². The molecule has 1 aliphatic heterocycles. The summed E-state index contributed by atoms with van der Waals surface area (Å²) in [5.41, 5.74) is 2.00. The average molecular weight is 463 g/mol. The van der Waals surface area contributed by atoms with Gasteiger partial charge in [-0.3, -0.25) is 19.3 Å². The summed E-state index contributed by atoms with van der Waals surface area (Å²) in [4.78, 5) is 40.4. The van der Waals surface area contributed by atoms with Crippen molar-refractivity contribution in [2.75, 3.05) is 17.3 Å². The van der Waals surface area contributed by atoms with Crippen LogP contribution in [0.4, 0.5) is 5.69 Å². The van der Waals surface area contributed by atoms with Crippen molar-refractivity contribution in [2.24, 2.45) is 0 Å². The van der Waals surface area contributed by atoms with Crippen LogP contribution in [0.25, 0.3) is 11.4 Å². The maximum absolute atomic E-state index is 13.3. The van der Waals surface area contributed by atoms with Crippen LogP contribution in [0.2, 0.25) is 0 Å². The van der Waals surface area contributed by atoms with Gasteiger partial charge >= 0.3 is 0 Å². The summed E-state index contributed by atoms with van der Waals surface area (Å²) in [6, 6.07) is 13.3. The average Bonchev–Trinajstić information content (AvgIpc) is 3.50. The normalized spacial score (nSPS) is 16.1. The number of nitrogens with zero attached hydrogens (tertiary/aromatic N) is 5. The topological polar surface area (TPSA) is 110 Å². The first-order valence-corrected chi connectivity index (χ1v) is 12.1. The van der Waals surface area contributed by atoms with Gasteiger partial charge in [0.05, 0.1) is 17.2 Å². The number of benzene rings is 2. The molecule has 2 aromatic carbocycles. The number of fused-ring (bicyclic) bond motifs is 1. The van der Waals surface area contributed by atoms with E-state index in [1.807, 2.05) is 18.4 Å². The van der Waals surface area contributed by atoms with Gasteiger partial charge in [0.15, 0.2) is 5.82 Å². The Hall–Kier alpha value is -3.53. The number of aromatic nitrogens is 4. The fourth-order valence-corrected chi connectivity index (χ4v) is 4.47. The zero-order chi connectivity index (χ0) is 22.9. The summed E-state index contributed by atoms with van der Waals surface area (Å²) in [6.07, 6.45) is 4.38. The highest BCUT2D eigenvalue weighted by Gasteiger charge is 2.42. The predicted octanol–water partition coefficient (Wildman–Crippen LogP) is 3.03. The summed E-state index contributed by atoms with van der Waals surface area (Å²) in [5.74, 6) is -0.00406. The predicted molar refractivity (Wildman–Crippen MR) is 124 cm³/mol. The summed E-state index contributed by atoms with van der Waals surface area (Å²) in [5, 5.41) is 14.9. The monoisotopic (exact) mass is 462 g/mol. The number of anilines is 1. The van der Waals surface area contributed by atoms with Crippen LogP contribution in [0.1, 0.15) is 46.0 Å². The van der Waals surface area contributed by atoms with Gasteiger partial charge < -0.3 is 5.32 Å². The lowest BCUT2D eigenvalue weighted by molar-refractivity contribution is -0.120. The third kappa shape index (κ3) is 4.02. The van der Waals surface area contributed by atoms with Gasteiger partial charge in [0.25, 0.3) is 11.8 Å². The van der Waals surface area contributed by atoms with Crippen molar-refractivity contribution in [1.82, 2.24) is 25.1 Å². The first kappa shape index (κ1) is 21.3. The Bertz CT molecular complexity index is 1200. The molecule has 2 aliphatic rings. The maximum Gasteiger partial charge on any atom is 0.262 e. The first-order chi connectivity index (χ1) is 16.1. The second-order valence-corrected chi connectivity index (χ2v) is 9.06. The lowest BCUT2D eigenvalue weighted by Crippen LogP contribution is -2.47. The molecular formula is C23H22N6O3S. The van der Waals surface area contributed by atoms with Crippen LogP contribution in [0.3, 0.4) is 0 Å². The van der Waals surface area contributed by atoms with Crippen LogP contribution in [0.5, 0.6) is 0 Å². The molecule has 1 aliphatic carbocycles. The largest absolute Gasteiger partial charge is 0.324 e. The standard InChI is InChI=1S/C23H22N6O3S/c1-33-12-11-19(28-22(31)17-7-2-3-8-18(17)23(28)32)21(30)24-15-6-4-5-14(13-15)20-25-26-27-29(20)16-9-10-16/h2-8,13,16,19H,9-12H2,1H3,(H,24,30)/t19-/m1/s1. The minimum Gasteiger partial charge on any atom is -0.324 e. The fourth-order valence-electron chi connectivity index (χ4n) is 4.01. The number of thioether (sulfide) groups is 1. The van der Waals surface area contributed by atoms with E-state index in [1.165, 1.54) is 0 Å². The van der Waals surface area contributed by atoms with Crippen LogP contribution < -0.4 is 5.32 Å². The van der Waals surface area contributed by atoms with Gasteiger partial charge in [-0.15, -0.1) is 5.10 Å². The molecule has 33 heavy (non-hydrogen) atoms. The summed E-state index contributed by atoms with van der Waals surface area (Å²) >= 11 is 1.56. The van der Waals surface area contributed by atoms with E-state index < -0.39 is 23.8 Å². The zero-order valence-corrected chi connectivity index (χ0v) is 18.8. The molecule has 1 fully saturated rings. The third-order valence-corrected chi connectivity index (χ3v) is 6.45. The zero-order valence-electron chi connectivity index (χ0n) is 18.0. The molecule has 0 bridgehead atoms. The van der Waals surface area contributed by atoms with E-state index in [9.17, 15) is 14.4 Å². The Kier molecular flexibility index (Phi) is 5.67. The highest BCUT2D eigenvalue weighted by molar-refractivity contribution is 7.98. The number of hydrogen-bond donors (Lipinski definition) is 1. The number of nitrogens with one attached hydrogen (secondary N) is 1. The maximum atomic E-state index is 13.3. The lowest BCUT2D eigenvalue weighted by Gasteiger charge is -2.25. The van der Waals surface area contributed by atoms with Gasteiger partial charge in [-0.1, -0.05) is 24.3 Å². The molecule has 1 N–H and O–H groups in total. The third-order valence-electron chi connectivity index (χ3n) is 5.81. The minimum absolute atomic E-state index is 0.318. The minimum atomic E-state index is -0.912. The molecule has 10 heteroatoms. The molecule has 0 saturated heterocycles. The van der Waals surface area contributed by atoms with Crippen LogP contribution in [0, 0.1) is 0 Å². The van der Waals surface area contributed by atoms with E-state index in [2.05, 4.69) is 20.8 Å². The molecule has 2 heterocycles. The second kappa shape index (κ2) is 8.78. The van der Waals surface area contributed by atoms with Gasteiger partial charge in [-0.2, -0.15) is 11.8 Å². The molecule has 1 aromatic heterocycles. The molecule has 1 saturated carbocycles. The number of tetrazole rings is 1. The molecule has 0 spiro atoms. The number of amides is 3. The second-order valence-electron chi connectivity index (χ2n) is 8.07. The fraction of sp³-hybridized carbons (Fsp3) is 0.304. The van der Waals surface area contributed by atoms with Gasteiger partial charge in [0, 0.05) is 11.3 Å². The summed E-state index contributed by atoms with van der Waals surface area (Å²) < 4.78 is 1.81. The van der Waals surface area contributed by atoms with Crippen molar-refractivity contribution < 1.29 is 14.4 Å². The molecule has 5 rings (SSSR count). The molecule has 0 radical (unpaired) electrons. The van der Waals surface area contributed by atoms with Crippen molar-refractivity contribution >= 4 is 35.2 Å². The SMILES string of the molecule is CSCC[C@H](C(=O)Nc1cccc(-c2nnnn2C2CC2)c1)N1C(=O)c2ccccc2C1=O.